The molecular weight excluding hydrogens is 308 g/mol. The number of carboxylic acid groups (broad SMARTS) is 1. The number of carbonyl (C=O) groups excluding carboxylic acids is 1. The molecule has 0 spiro atoms. The van der Waals surface area contributed by atoms with Crippen LogP contribution in [0.2, 0.25) is 0 Å². The molecule has 0 bridgehead atoms. The van der Waals surface area contributed by atoms with Crippen molar-refractivity contribution in [2.45, 2.75) is 0 Å². The first kappa shape index (κ1) is 14.2. The molecule has 1 saturated heterocycles. The Hall–Kier alpha value is -2.20. The summed E-state index contributed by atoms with van der Waals surface area (Å²) in [5.74, 6) is -2.08. The summed E-state index contributed by atoms with van der Waals surface area (Å²) < 4.78 is 5.00. The molecule has 104 valence electrons. The number of amides is 1. The van der Waals surface area contributed by atoms with Crippen LogP contribution in [0.3, 0.4) is 0 Å². The summed E-state index contributed by atoms with van der Waals surface area (Å²) in [6, 6.07) is 2.49. The minimum atomic E-state index is -1.18. The number of hydrogen-bond acceptors (Lipinski definition) is 7. The van der Waals surface area contributed by atoms with Crippen LogP contribution in [-0.4, -0.2) is 37.7 Å². The lowest BCUT2D eigenvalue weighted by molar-refractivity contribution is -0.402. The highest BCUT2D eigenvalue weighted by Crippen LogP contribution is 2.33. The highest BCUT2D eigenvalue weighted by Gasteiger charge is 2.33. The standard InChI is InChI=1S/C10H6N2O6S2/c13-8(14)4-11-9(15)6(20-10(11)19)3-5-1-2-7(18-5)12(16)17/h1-3H,4H2,(H,13,14)/b6-3-. The van der Waals surface area contributed by atoms with Crippen molar-refractivity contribution in [1.82, 2.24) is 4.90 Å². The molecule has 0 unspecified atom stereocenters. The van der Waals surface area contributed by atoms with E-state index >= 15 is 0 Å². The lowest BCUT2D eigenvalue weighted by atomic mass is 10.3. The zero-order valence-electron chi connectivity index (χ0n) is 9.64. The fourth-order valence-electron chi connectivity index (χ4n) is 1.42. The molecule has 1 aromatic heterocycles. The van der Waals surface area contributed by atoms with E-state index < -0.39 is 29.2 Å². The summed E-state index contributed by atoms with van der Waals surface area (Å²) in [5, 5.41) is 19.1. The summed E-state index contributed by atoms with van der Waals surface area (Å²) >= 11 is 5.81. The van der Waals surface area contributed by atoms with Crippen molar-refractivity contribution in [3.63, 3.8) is 0 Å². The van der Waals surface area contributed by atoms with Crippen molar-refractivity contribution < 1.29 is 24.0 Å². The van der Waals surface area contributed by atoms with Gasteiger partial charge < -0.3 is 9.52 Å². The summed E-state index contributed by atoms with van der Waals surface area (Å²) in [6.07, 6.45) is 1.29. The molecule has 0 saturated carbocycles. The molecule has 2 rings (SSSR count). The SMILES string of the molecule is O=C(O)CN1C(=O)/C(=C/c2ccc([N+](=O)[O-])o2)SC1=S. The van der Waals surface area contributed by atoms with Gasteiger partial charge in [0, 0.05) is 6.08 Å². The fourth-order valence-corrected chi connectivity index (χ4v) is 2.65. The Kier molecular flexibility index (Phi) is 3.86. The van der Waals surface area contributed by atoms with Crippen molar-refractivity contribution in [1.29, 1.82) is 0 Å². The molecule has 1 aliphatic heterocycles. The van der Waals surface area contributed by atoms with Crippen LogP contribution in [0.5, 0.6) is 0 Å². The third kappa shape index (κ3) is 2.86. The van der Waals surface area contributed by atoms with Gasteiger partial charge in [-0.3, -0.25) is 24.6 Å². The molecule has 0 aromatic carbocycles. The van der Waals surface area contributed by atoms with Crippen LogP contribution >= 0.6 is 24.0 Å². The summed E-state index contributed by atoms with van der Waals surface area (Å²) in [7, 11) is 0. The predicted octanol–water partition coefficient (Wildman–Crippen LogP) is 1.47. The van der Waals surface area contributed by atoms with E-state index in [4.69, 9.17) is 21.7 Å². The maximum absolute atomic E-state index is 11.9. The maximum atomic E-state index is 11.9. The van der Waals surface area contributed by atoms with Gasteiger partial charge in [0.15, 0.2) is 0 Å². The largest absolute Gasteiger partial charge is 0.480 e. The van der Waals surface area contributed by atoms with E-state index in [-0.39, 0.29) is 15.0 Å². The zero-order valence-corrected chi connectivity index (χ0v) is 11.3. The summed E-state index contributed by atoms with van der Waals surface area (Å²) in [5.41, 5.74) is 0. The molecule has 1 fully saturated rings. The van der Waals surface area contributed by atoms with Gasteiger partial charge in [0.05, 0.1) is 11.0 Å². The van der Waals surface area contributed by atoms with Gasteiger partial charge in [0.2, 0.25) is 0 Å². The van der Waals surface area contributed by atoms with Crippen molar-refractivity contribution >= 4 is 52.1 Å². The summed E-state index contributed by atoms with van der Waals surface area (Å²) in [4.78, 5) is 33.4. The number of carbonyl (C=O) groups is 2. The fraction of sp³-hybridized carbons (Fsp3) is 0.100. The van der Waals surface area contributed by atoms with E-state index in [1.165, 1.54) is 12.1 Å². The van der Waals surface area contributed by atoms with E-state index in [0.29, 0.717) is 0 Å². The molecule has 0 radical (unpaired) electrons. The number of hydrogen-bond donors (Lipinski definition) is 1. The van der Waals surface area contributed by atoms with Crippen LogP contribution in [0.15, 0.2) is 21.5 Å². The number of thioether (sulfide) groups is 1. The van der Waals surface area contributed by atoms with Gasteiger partial charge >= 0.3 is 11.9 Å². The van der Waals surface area contributed by atoms with E-state index in [1.807, 2.05) is 0 Å². The van der Waals surface area contributed by atoms with Gasteiger partial charge in [-0.15, -0.1) is 0 Å². The molecule has 20 heavy (non-hydrogen) atoms. The second kappa shape index (κ2) is 5.43. The monoisotopic (exact) mass is 314 g/mol. The maximum Gasteiger partial charge on any atom is 0.433 e. The molecular formula is C10H6N2O6S2. The number of aliphatic carboxylic acids is 1. The van der Waals surface area contributed by atoms with Crippen molar-refractivity contribution in [3.05, 3.63) is 32.9 Å². The average molecular weight is 314 g/mol. The van der Waals surface area contributed by atoms with Gasteiger partial charge in [-0.25, -0.2) is 0 Å². The number of nitro groups is 1. The number of nitrogens with zero attached hydrogens (tertiary/aromatic N) is 2. The molecule has 8 nitrogen and oxygen atoms in total. The first-order chi connectivity index (χ1) is 9.38. The molecule has 10 heteroatoms. The Labute approximate surface area is 121 Å². The second-order valence-electron chi connectivity index (χ2n) is 3.59. The topological polar surface area (TPSA) is 114 Å². The molecule has 1 amide bonds. The molecule has 2 heterocycles. The van der Waals surface area contributed by atoms with Crippen LogP contribution in [0.25, 0.3) is 6.08 Å². The minimum absolute atomic E-state index is 0.115. The van der Waals surface area contributed by atoms with E-state index in [9.17, 15) is 19.7 Å². The normalized spacial score (nSPS) is 17.0. The Morgan fingerprint density at radius 2 is 2.30 bits per heavy atom. The van der Waals surface area contributed by atoms with Crippen LogP contribution in [0.1, 0.15) is 5.76 Å². The van der Waals surface area contributed by atoms with Gasteiger partial charge in [0.25, 0.3) is 5.91 Å². The van der Waals surface area contributed by atoms with Crippen LogP contribution in [0, 0.1) is 10.1 Å². The molecule has 1 aliphatic rings. The number of thiocarbonyl (C=S) groups is 1. The number of carboxylic acids is 1. The highest BCUT2D eigenvalue weighted by molar-refractivity contribution is 8.26. The van der Waals surface area contributed by atoms with Gasteiger partial charge in [-0.05, 0) is 6.07 Å². The minimum Gasteiger partial charge on any atom is -0.480 e. The highest BCUT2D eigenvalue weighted by atomic mass is 32.2. The summed E-state index contributed by atoms with van der Waals surface area (Å²) in [6.45, 7) is -0.527. The van der Waals surface area contributed by atoms with Crippen molar-refractivity contribution in [3.8, 4) is 0 Å². The quantitative estimate of drug-likeness (QED) is 0.384. The number of rotatable bonds is 4. The van der Waals surface area contributed by atoms with Gasteiger partial charge in [-0.2, -0.15) is 0 Å². The Morgan fingerprint density at radius 1 is 1.60 bits per heavy atom. The van der Waals surface area contributed by atoms with Crippen LogP contribution < -0.4 is 0 Å². The average Bonchev–Trinajstić information content (AvgIpc) is 2.91. The molecule has 1 aromatic rings. The van der Waals surface area contributed by atoms with E-state index in [1.54, 1.807) is 0 Å². The zero-order chi connectivity index (χ0) is 14.9. The van der Waals surface area contributed by atoms with Crippen molar-refractivity contribution in [2.75, 3.05) is 6.54 Å². The van der Waals surface area contributed by atoms with E-state index in [2.05, 4.69) is 0 Å². The Balaban J connectivity index is 2.22. The first-order valence-corrected chi connectivity index (χ1v) is 6.32. The molecule has 0 atom stereocenters. The third-order valence-corrected chi connectivity index (χ3v) is 3.61. The van der Waals surface area contributed by atoms with Gasteiger partial charge in [0.1, 0.15) is 21.5 Å². The predicted molar refractivity (Wildman–Crippen MR) is 72.9 cm³/mol. The number of furan rings is 1. The lowest BCUT2D eigenvalue weighted by Gasteiger charge is -2.09. The Morgan fingerprint density at radius 3 is 2.85 bits per heavy atom. The second-order valence-corrected chi connectivity index (χ2v) is 5.27. The lowest BCUT2D eigenvalue weighted by Crippen LogP contribution is -2.33. The first-order valence-electron chi connectivity index (χ1n) is 5.10. The molecule has 0 aliphatic carbocycles. The van der Waals surface area contributed by atoms with E-state index in [0.717, 1.165) is 22.7 Å². The Bertz CT molecular complexity index is 650. The van der Waals surface area contributed by atoms with Crippen molar-refractivity contribution in [2.24, 2.45) is 0 Å². The molecule has 1 N–H and O–H groups in total. The van der Waals surface area contributed by atoms with Crippen LogP contribution in [-0.2, 0) is 9.59 Å². The van der Waals surface area contributed by atoms with Crippen LogP contribution in [0.4, 0.5) is 5.88 Å². The third-order valence-electron chi connectivity index (χ3n) is 2.23. The van der Waals surface area contributed by atoms with Gasteiger partial charge in [-0.1, -0.05) is 24.0 Å². The smallest absolute Gasteiger partial charge is 0.433 e.